The first-order valence-electron chi connectivity index (χ1n) is 5.80. The van der Waals surface area contributed by atoms with E-state index in [0.29, 0.717) is 6.04 Å². The Bertz CT molecular complexity index is 347. The number of hydrogen-bond acceptors (Lipinski definition) is 1. The lowest BCUT2D eigenvalue weighted by molar-refractivity contribution is 0.519. The minimum Gasteiger partial charge on any atom is -0.310 e. The van der Waals surface area contributed by atoms with Crippen LogP contribution in [0.15, 0.2) is 30.9 Å². The van der Waals surface area contributed by atoms with Crippen LogP contribution in [0.3, 0.4) is 0 Å². The fraction of sp³-hybridized carbons (Fsp3) is 0.429. The molecule has 1 atom stereocenters. The van der Waals surface area contributed by atoms with Crippen molar-refractivity contribution < 1.29 is 0 Å². The lowest BCUT2D eigenvalue weighted by Crippen LogP contribution is -2.21. The number of aryl methyl sites for hydroxylation is 1. The van der Waals surface area contributed by atoms with Gasteiger partial charge in [0.2, 0.25) is 0 Å². The predicted octanol–water partition coefficient (Wildman–Crippen LogP) is 4.27. The van der Waals surface area contributed by atoms with Gasteiger partial charge >= 0.3 is 0 Å². The van der Waals surface area contributed by atoms with Gasteiger partial charge in [0.1, 0.15) is 0 Å². The molecule has 0 aromatic heterocycles. The van der Waals surface area contributed by atoms with Gasteiger partial charge in [0.05, 0.1) is 0 Å². The first-order chi connectivity index (χ1) is 7.70. The van der Waals surface area contributed by atoms with Crippen molar-refractivity contribution in [3.8, 4) is 0 Å². The van der Waals surface area contributed by atoms with Crippen LogP contribution in [-0.2, 0) is 0 Å². The monoisotopic (exact) mass is 237 g/mol. The highest BCUT2D eigenvalue weighted by Gasteiger charge is 2.13. The molecule has 1 aromatic carbocycles. The van der Waals surface area contributed by atoms with E-state index >= 15 is 0 Å². The van der Waals surface area contributed by atoms with E-state index in [0.717, 1.165) is 30.0 Å². The van der Waals surface area contributed by atoms with Crippen molar-refractivity contribution >= 4 is 11.6 Å². The largest absolute Gasteiger partial charge is 0.310 e. The first kappa shape index (κ1) is 13.3. The molecule has 1 unspecified atom stereocenters. The molecule has 0 saturated heterocycles. The quantitative estimate of drug-likeness (QED) is 0.729. The number of benzene rings is 1. The second-order valence-corrected chi connectivity index (χ2v) is 4.33. The van der Waals surface area contributed by atoms with Gasteiger partial charge in [0.25, 0.3) is 0 Å². The molecule has 0 fully saturated rings. The fourth-order valence-electron chi connectivity index (χ4n) is 1.84. The number of rotatable bonds is 6. The maximum atomic E-state index is 6.34. The molecule has 0 spiro atoms. The molecule has 0 radical (unpaired) electrons. The molecule has 0 heterocycles. The minimum atomic E-state index is 0.329. The molecule has 0 aliphatic rings. The van der Waals surface area contributed by atoms with E-state index in [1.165, 1.54) is 5.56 Å². The van der Waals surface area contributed by atoms with E-state index in [-0.39, 0.29) is 0 Å². The summed E-state index contributed by atoms with van der Waals surface area (Å²) in [5.74, 6) is 0. The molecule has 0 aliphatic carbocycles. The smallest absolute Gasteiger partial charge is 0.0482 e. The van der Waals surface area contributed by atoms with Crippen LogP contribution >= 0.6 is 11.6 Å². The zero-order valence-corrected chi connectivity index (χ0v) is 10.8. The van der Waals surface area contributed by atoms with Gasteiger partial charge in [-0.25, -0.2) is 0 Å². The summed E-state index contributed by atoms with van der Waals surface area (Å²) in [6.45, 7) is 8.88. The summed E-state index contributed by atoms with van der Waals surface area (Å²) < 4.78 is 0. The van der Waals surface area contributed by atoms with Crippen LogP contribution in [0.4, 0.5) is 0 Å². The summed E-state index contributed by atoms with van der Waals surface area (Å²) in [5.41, 5.74) is 2.34. The number of hydrogen-bond donors (Lipinski definition) is 1. The highest BCUT2D eigenvalue weighted by Crippen LogP contribution is 2.28. The van der Waals surface area contributed by atoms with E-state index in [1.54, 1.807) is 0 Å². The van der Waals surface area contributed by atoms with Crippen LogP contribution in [0.1, 0.15) is 36.9 Å². The zero-order chi connectivity index (χ0) is 12.0. The standard InChI is InChI=1S/C14H20ClN/c1-4-6-10-13(16-5-2)12-9-7-8-11(3)14(12)15/h4,7-9,13,16H,1,5-6,10H2,2-3H3. The maximum Gasteiger partial charge on any atom is 0.0482 e. The van der Waals surface area contributed by atoms with Crippen molar-refractivity contribution in [3.05, 3.63) is 47.0 Å². The van der Waals surface area contributed by atoms with Gasteiger partial charge in [-0.1, -0.05) is 42.8 Å². The van der Waals surface area contributed by atoms with Gasteiger partial charge in [0, 0.05) is 11.1 Å². The summed E-state index contributed by atoms with van der Waals surface area (Å²) in [7, 11) is 0. The summed E-state index contributed by atoms with van der Waals surface area (Å²) in [6.07, 6.45) is 4.00. The number of halogens is 1. The normalized spacial score (nSPS) is 12.4. The second kappa shape index (κ2) is 6.72. The Hall–Kier alpha value is -0.790. The van der Waals surface area contributed by atoms with Crippen molar-refractivity contribution in [1.82, 2.24) is 5.32 Å². The second-order valence-electron chi connectivity index (χ2n) is 3.95. The Morgan fingerprint density at radius 1 is 1.50 bits per heavy atom. The van der Waals surface area contributed by atoms with Gasteiger partial charge in [0.15, 0.2) is 0 Å². The van der Waals surface area contributed by atoms with Crippen LogP contribution in [0, 0.1) is 6.92 Å². The maximum absolute atomic E-state index is 6.34. The molecule has 0 amide bonds. The molecule has 1 N–H and O–H groups in total. The van der Waals surface area contributed by atoms with Gasteiger partial charge < -0.3 is 5.32 Å². The van der Waals surface area contributed by atoms with Crippen molar-refractivity contribution in [2.45, 2.75) is 32.7 Å². The lowest BCUT2D eigenvalue weighted by Gasteiger charge is -2.19. The number of nitrogens with one attached hydrogen (secondary N) is 1. The van der Waals surface area contributed by atoms with Gasteiger partial charge in [-0.15, -0.1) is 6.58 Å². The van der Waals surface area contributed by atoms with Crippen LogP contribution in [0.25, 0.3) is 0 Å². The Balaban J connectivity index is 2.90. The van der Waals surface area contributed by atoms with Gasteiger partial charge in [-0.3, -0.25) is 0 Å². The van der Waals surface area contributed by atoms with Gasteiger partial charge in [-0.2, -0.15) is 0 Å². The highest BCUT2D eigenvalue weighted by atomic mass is 35.5. The zero-order valence-electron chi connectivity index (χ0n) is 10.1. The molecule has 1 rings (SSSR count). The molecule has 88 valence electrons. The summed E-state index contributed by atoms with van der Waals surface area (Å²) in [6, 6.07) is 6.54. The molecule has 0 saturated carbocycles. The minimum absolute atomic E-state index is 0.329. The van der Waals surface area contributed by atoms with E-state index in [1.807, 2.05) is 19.1 Å². The Kier molecular flexibility index (Phi) is 5.58. The third-order valence-electron chi connectivity index (χ3n) is 2.71. The van der Waals surface area contributed by atoms with Crippen LogP contribution < -0.4 is 5.32 Å². The third-order valence-corrected chi connectivity index (χ3v) is 3.22. The molecular formula is C14H20ClN. The topological polar surface area (TPSA) is 12.0 Å². The molecule has 1 aromatic rings. The van der Waals surface area contributed by atoms with Crippen LogP contribution in [-0.4, -0.2) is 6.54 Å². The van der Waals surface area contributed by atoms with Crippen LogP contribution in [0.2, 0.25) is 5.02 Å². The predicted molar refractivity (Wildman–Crippen MR) is 72.0 cm³/mol. The molecule has 2 heteroatoms. The van der Waals surface area contributed by atoms with E-state index in [9.17, 15) is 0 Å². The van der Waals surface area contributed by atoms with Crippen LogP contribution in [0.5, 0.6) is 0 Å². The van der Waals surface area contributed by atoms with Crippen molar-refractivity contribution in [2.24, 2.45) is 0 Å². The average molecular weight is 238 g/mol. The highest BCUT2D eigenvalue weighted by molar-refractivity contribution is 6.32. The Morgan fingerprint density at radius 2 is 2.25 bits per heavy atom. The van der Waals surface area contributed by atoms with E-state index < -0.39 is 0 Å². The molecule has 16 heavy (non-hydrogen) atoms. The molecule has 0 aliphatic heterocycles. The van der Waals surface area contributed by atoms with E-state index in [2.05, 4.69) is 31.0 Å². The SMILES string of the molecule is C=CCCC(NCC)c1cccc(C)c1Cl. The Morgan fingerprint density at radius 3 is 2.88 bits per heavy atom. The van der Waals surface area contributed by atoms with E-state index in [4.69, 9.17) is 11.6 Å². The van der Waals surface area contributed by atoms with Crippen molar-refractivity contribution in [3.63, 3.8) is 0 Å². The Labute approximate surface area is 104 Å². The summed E-state index contributed by atoms with van der Waals surface area (Å²) >= 11 is 6.34. The average Bonchev–Trinajstić information content (AvgIpc) is 2.28. The molecule has 0 bridgehead atoms. The fourth-order valence-corrected chi connectivity index (χ4v) is 2.10. The summed E-state index contributed by atoms with van der Waals surface area (Å²) in [5, 5.41) is 4.36. The van der Waals surface area contributed by atoms with Crippen molar-refractivity contribution in [1.29, 1.82) is 0 Å². The first-order valence-corrected chi connectivity index (χ1v) is 6.17. The number of allylic oxidation sites excluding steroid dienone is 1. The molecular weight excluding hydrogens is 218 g/mol. The lowest BCUT2D eigenvalue weighted by atomic mass is 10.00. The van der Waals surface area contributed by atoms with Gasteiger partial charge in [-0.05, 0) is 37.4 Å². The molecule has 1 nitrogen and oxygen atoms in total. The third kappa shape index (κ3) is 3.36. The van der Waals surface area contributed by atoms with Crippen molar-refractivity contribution in [2.75, 3.05) is 6.54 Å². The summed E-state index contributed by atoms with van der Waals surface area (Å²) in [4.78, 5) is 0.